The molecule has 0 saturated carbocycles. The molecular formula is C21H21ClN4O4S. The second-order valence-corrected chi connectivity index (χ2v) is 9.13. The first-order chi connectivity index (χ1) is 14.6. The number of allylic oxidation sites excluding steroid dienone is 1. The van der Waals surface area contributed by atoms with Gasteiger partial charge in [-0.2, -0.15) is 17.0 Å². The Morgan fingerprint density at radius 3 is 2.65 bits per heavy atom. The number of nitrogens with one attached hydrogen (secondary N) is 2. The zero-order chi connectivity index (χ0) is 22.9. The molecule has 1 amide bonds. The lowest BCUT2D eigenvalue weighted by atomic mass is 9.81. The lowest BCUT2D eigenvalue weighted by Gasteiger charge is -2.45. The minimum Gasteiger partial charge on any atom is -0.512 e. The summed E-state index contributed by atoms with van der Waals surface area (Å²) in [5.74, 6) is -1.52. The summed E-state index contributed by atoms with van der Waals surface area (Å²) in [6.07, 6.45) is 1.73. The number of aliphatic carboxylic acids is 1. The first kappa shape index (κ1) is 22.7. The molecule has 0 saturated heterocycles. The molecule has 1 aromatic carbocycles. The Kier molecular flexibility index (Phi) is 6.34. The fourth-order valence-corrected chi connectivity index (χ4v) is 5.57. The standard InChI is InChI=1S/C21H21ClN4O4S/c1-11(27)25-17(20(29)30)10-31-18-8-14(28)7-16-15(9-23)19(24)26(21(16,18)2)13-5-3-12(22)4-6-13/h3-7,17-18,24,28H,8,10H2,1-2H3,(H,25,27)(H,29,30)/t17-,18-,21+/m0/s1. The molecule has 3 rings (SSSR count). The summed E-state index contributed by atoms with van der Waals surface area (Å²) in [7, 11) is 0. The summed E-state index contributed by atoms with van der Waals surface area (Å²) in [4.78, 5) is 24.6. The van der Waals surface area contributed by atoms with E-state index in [0.29, 0.717) is 16.3 Å². The van der Waals surface area contributed by atoms with Crippen molar-refractivity contribution < 1.29 is 19.8 Å². The number of fused-ring (bicyclic) bond motifs is 1. The number of nitriles is 1. The number of thioether (sulfide) groups is 1. The van der Waals surface area contributed by atoms with E-state index in [1.807, 2.05) is 6.92 Å². The summed E-state index contributed by atoms with van der Waals surface area (Å²) >= 11 is 7.28. The summed E-state index contributed by atoms with van der Waals surface area (Å²) < 4.78 is 0. The number of hydrogen-bond donors (Lipinski definition) is 4. The van der Waals surface area contributed by atoms with Crippen LogP contribution >= 0.6 is 23.4 Å². The van der Waals surface area contributed by atoms with E-state index < -0.39 is 28.7 Å². The molecule has 31 heavy (non-hydrogen) atoms. The van der Waals surface area contributed by atoms with Crippen molar-refractivity contribution in [3.05, 3.63) is 52.3 Å². The van der Waals surface area contributed by atoms with Crippen molar-refractivity contribution in [3.8, 4) is 6.07 Å². The van der Waals surface area contributed by atoms with Gasteiger partial charge in [-0.05, 0) is 37.3 Å². The van der Waals surface area contributed by atoms with Crippen LogP contribution in [0, 0.1) is 16.7 Å². The Balaban J connectivity index is 2.03. The molecule has 2 aliphatic rings. The van der Waals surface area contributed by atoms with Gasteiger partial charge in [0.05, 0.1) is 11.3 Å². The summed E-state index contributed by atoms with van der Waals surface area (Å²) in [6.45, 7) is 3.11. The Bertz CT molecular complexity index is 1050. The maximum atomic E-state index is 11.5. The Hall–Kier alpha value is -2.96. The number of carbonyl (C=O) groups is 2. The summed E-state index contributed by atoms with van der Waals surface area (Å²) in [5.41, 5.74) is 0.400. The fraction of sp³-hybridized carbons (Fsp3) is 0.333. The van der Waals surface area contributed by atoms with Gasteiger partial charge in [0.15, 0.2) is 0 Å². The number of hydrogen-bond acceptors (Lipinski definition) is 6. The van der Waals surface area contributed by atoms with Gasteiger partial charge in [-0.25, -0.2) is 4.79 Å². The predicted molar refractivity (Wildman–Crippen MR) is 120 cm³/mol. The molecule has 8 nitrogen and oxygen atoms in total. The van der Waals surface area contributed by atoms with Crippen LogP contribution in [-0.4, -0.2) is 50.5 Å². The molecule has 0 spiro atoms. The molecule has 1 heterocycles. The van der Waals surface area contributed by atoms with Gasteiger partial charge in [0.1, 0.15) is 23.5 Å². The van der Waals surface area contributed by atoms with Crippen molar-refractivity contribution in [2.75, 3.05) is 10.7 Å². The zero-order valence-corrected chi connectivity index (χ0v) is 18.4. The number of aliphatic hydroxyl groups excluding tert-OH is 1. The molecule has 0 fully saturated rings. The van der Waals surface area contributed by atoms with E-state index in [1.165, 1.54) is 24.8 Å². The molecular weight excluding hydrogens is 440 g/mol. The molecule has 0 aromatic heterocycles. The van der Waals surface area contributed by atoms with Crippen LogP contribution in [0.15, 0.2) is 47.2 Å². The van der Waals surface area contributed by atoms with E-state index in [0.717, 1.165) is 0 Å². The quantitative estimate of drug-likeness (QED) is 0.511. The number of amides is 1. The molecule has 162 valence electrons. The van der Waals surface area contributed by atoms with Crippen LogP contribution in [0.2, 0.25) is 5.02 Å². The third-order valence-corrected chi connectivity index (χ3v) is 7.21. The van der Waals surface area contributed by atoms with E-state index in [4.69, 9.17) is 17.0 Å². The number of anilines is 1. The predicted octanol–water partition coefficient (Wildman–Crippen LogP) is 3.25. The van der Waals surface area contributed by atoms with Crippen LogP contribution in [0.4, 0.5) is 5.69 Å². The van der Waals surface area contributed by atoms with Crippen LogP contribution in [0.1, 0.15) is 20.3 Å². The lowest BCUT2D eigenvalue weighted by Crippen LogP contribution is -2.55. The molecule has 0 radical (unpaired) electrons. The topological polar surface area (TPSA) is 138 Å². The van der Waals surface area contributed by atoms with Crippen LogP contribution in [-0.2, 0) is 9.59 Å². The highest BCUT2D eigenvalue weighted by Crippen LogP contribution is 2.50. The average molecular weight is 461 g/mol. The number of carboxylic acids is 1. The van der Waals surface area contributed by atoms with Crippen LogP contribution < -0.4 is 10.2 Å². The number of rotatable bonds is 6. The van der Waals surface area contributed by atoms with Crippen molar-refractivity contribution in [2.24, 2.45) is 0 Å². The van der Waals surface area contributed by atoms with E-state index in [-0.39, 0.29) is 29.3 Å². The SMILES string of the molecule is CC(=O)N[C@@H](CS[C@H]1CC(O)=CC2=C(C#N)C(=N)N(c3ccc(Cl)cc3)[C@]21C)C(=O)O. The van der Waals surface area contributed by atoms with Crippen molar-refractivity contribution in [2.45, 2.75) is 37.1 Å². The largest absolute Gasteiger partial charge is 0.512 e. The number of benzene rings is 1. The van der Waals surface area contributed by atoms with Gasteiger partial charge >= 0.3 is 5.97 Å². The summed E-state index contributed by atoms with van der Waals surface area (Å²) in [5, 5.41) is 40.7. The molecule has 0 unspecified atom stereocenters. The lowest BCUT2D eigenvalue weighted by molar-refractivity contribution is -0.140. The van der Waals surface area contributed by atoms with Gasteiger partial charge < -0.3 is 20.4 Å². The smallest absolute Gasteiger partial charge is 0.327 e. The molecule has 1 aliphatic carbocycles. The maximum Gasteiger partial charge on any atom is 0.327 e. The second-order valence-electron chi connectivity index (χ2n) is 7.46. The normalized spacial score (nSPS) is 23.7. The van der Waals surface area contributed by atoms with Gasteiger partial charge in [-0.1, -0.05) is 11.6 Å². The minimum atomic E-state index is -1.16. The molecule has 1 aromatic rings. The first-order valence-corrected chi connectivity index (χ1v) is 10.8. The van der Waals surface area contributed by atoms with E-state index in [2.05, 4.69) is 11.4 Å². The van der Waals surface area contributed by atoms with E-state index in [9.17, 15) is 25.1 Å². The molecule has 0 bridgehead atoms. The Morgan fingerprint density at radius 2 is 2.10 bits per heavy atom. The van der Waals surface area contributed by atoms with E-state index >= 15 is 0 Å². The Morgan fingerprint density at radius 1 is 1.45 bits per heavy atom. The van der Waals surface area contributed by atoms with Crippen molar-refractivity contribution >= 4 is 46.8 Å². The maximum absolute atomic E-state index is 11.5. The molecule has 3 atom stereocenters. The van der Waals surface area contributed by atoms with Crippen LogP contribution in [0.25, 0.3) is 0 Å². The van der Waals surface area contributed by atoms with Gasteiger partial charge in [0, 0.05) is 40.6 Å². The van der Waals surface area contributed by atoms with E-state index in [1.54, 1.807) is 29.2 Å². The number of nitrogens with zero attached hydrogens (tertiary/aromatic N) is 2. The third-order valence-electron chi connectivity index (χ3n) is 5.41. The van der Waals surface area contributed by atoms with Crippen LogP contribution in [0.3, 0.4) is 0 Å². The molecule has 1 aliphatic heterocycles. The third kappa shape index (κ3) is 4.13. The van der Waals surface area contributed by atoms with Gasteiger partial charge in [0.25, 0.3) is 0 Å². The Labute approximate surface area is 188 Å². The molecule has 10 heteroatoms. The number of aliphatic hydroxyl groups is 1. The van der Waals surface area contributed by atoms with Crippen molar-refractivity contribution in [1.29, 1.82) is 10.7 Å². The highest BCUT2D eigenvalue weighted by molar-refractivity contribution is 8.00. The minimum absolute atomic E-state index is 0.00415. The van der Waals surface area contributed by atoms with Gasteiger partial charge in [0.2, 0.25) is 5.91 Å². The monoisotopic (exact) mass is 460 g/mol. The second kappa shape index (κ2) is 8.65. The fourth-order valence-electron chi connectivity index (χ4n) is 3.95. The number of halogens is 1. The van der Waals surface area contributed by atoms with Crippen LogP contribution in [0.5, 0.6) is 0 Å². The highest BCUT2D eigenvalue weighted by atomic mass is 35.5. The number of amidine groups is 1. The number of carboxylic acid groups (broad SMARTS) is 1. The highest BCUT2D eigenvalue weighted by Gasteiger charge is 2.53. The van der Waals surface area contributed by atoms with Gasteiger partial charge in [-0.15, -0.1) is 0 Å². The van der Waals surface area contributed by atoms with Crippen molar-refractivity contribution in [1.82, 2.24) is 5.32 Å². The van der Waals surface area contributed by atoms with Gasteiger partial charge in [-0.3, -0.25) is 10.2 Å². The zero-order valence-electron chi connectivity index (χ0n) is 16.8. The van der Waals surface area contributed by atoms with Crippen molar-refractivity contribution in [3.63, 3.8) is 0 Å². The molecule has 4 N–H and O–H groups in total. The first-order valence-electron chi connectivity index (χ1n) is 9.40. The average Bonchev–Trinajstić information content (AvgIpc) is 2.91. The summed E-state index contributed by atoms with van der Waals surface area (Å²) in [6, 6.07) is 7.84. The number of carbonyl (C=O) groups excluding carboxylic acids is 1.